The monoisotopic (exact) mass is 332 g/mol. The minimum Gasteiger partial charge on any atom is -0.383 e. The quantitative estimate of drug-likeness (QED) is 0.812. The van der Waals surface area contributed by atoms with Gasteiger partial charge in [0.1, 0.15) is 5.82 Å². The summed E-state index contributed by atoms with van der Waals surface area (Å²) in [6, 6.07) is 4.04. The van der Waals surface area contributed by atoms with Gasteiger partial charge in [-0.25, -0.2) is 4.39 Å². The standard InChI is InChI=1S/C14H18F2N2O3S/c1-2-5-17-12-4-3-11(15)7-13(12)18-8-10(6-14(18)19)9-22(16,20)21/h3-4,7,10,17H,2,5-6,8-9H2,1H3. The third kappa shape index (κ3) is 4.16. The fourth-order valence-corrected chi connectivity index (χ4v) is 3.33. The smallest absolute Gasteiger partial charge is 0.302 e. The SMILES string of the molecule is CCCNc1ccc(F)cc1N1CC(CS(=O)(=O)F)CC1=O. The lowest BCUT2D eigenvalue weighted by molar-refractivity contribution is -0.117. The van der Waals surface area contributed by atoms with Gasteiger partial charge in [-0.1, -0.05) is 6.92 Å². The summed E-state index contributed by atoms with van der Waals surface area (Å²) in [7, 11) is -4.64. The molecule has 1 N–H and O–H groups in total. The number of nitrogens with zero attached hydrogens (tertiary/aromatic N) is 1. The van der Waals surface area contributed by atoms with Gasteiger partial charge in [-0.2, -0.15) is 8.42 Å². The molecule has 0 aliphatic carbocycles. The van der Waals surface area contributed by atoms with Crippen LogP contribution in [-0.4, -0.2) is 33.2 Å². The van der Waals surface area contributed by atoms with Crippen LogP contribution >= 0.6 is 0 Å². The second-order valence-corrected chi connectivity index (χ2v) is 6.78. The molecule has 122 valence electrons. The molecule has 5 nitrogen and oxygen atoms in total. The summed E-state index contributed by atoms with van der Waals surface area (Å²) in [5.74, 6) is -2.14. The number of anilines is 2. The molecule has 1 unspecified atom stereocenters. The van der Waals surface area contributed by atoms with E-state index in [4.69, 9.17) is 0 Å². The third-order valence-corrected chi connectivity index (χ3v) is 4.33. The van der Waals surface area contributed by atoms with Crippen molar-refractivity contribution in [1.82, 2.24) is 0 Å². The Hall–Kier alpha value is -1.70. The minimum atomic E-state index is -4.64. The van der Waals surface area contributed by atoms with Gasteiger partial charge in [-0.15, -0.1) is 3.89 Å². The molecule has 1 aliphatic rings. The van der Waals surface area contributed by atoms with Crippen molar-refractivity contribution in [2.24, 2.45) is 5.92 Å². The summed E-state index contributed by atoms with van der Waals surface area (Å²) in [4.78, 5) is 13.4. The Morgan fingerprint density at radius 1 is 1.41 bits per heavy atom. The maximum absolute atomic E-state index is 13.5. The van der Waals surface area contributed by atoms with Crippen LogP contribution in [0.3, 0.4) is 0 Å². The van der Waals surface area contributed by atoms with Crippen molar-refractivity contribution >= 4 is 27.5 Å². The number of nitrogens with one attached hydrogen (secondary N) is 1. The number of carbonyl (C=O) groups excluding carboxylic acids is 1. The van der Waals surface area contributed by atoms with Crippen molar-refractivity contribution in [3.63, 3.8) is 0 Å². The maximum Gasteiger partial charge on any atom is 0.302 e. The van der Waals surface area contributed by atoms with E-state index in [-0.39, 0.29) is 18.9 Å². The van der Waals surface area contributed by atoms with E-state index in [1.54, 1.807) is 0 Å². The van der Waals surface area contributed by atoms with E-state index in [0.717, 1.165) is 6.42 Å². The number of halogens is 2. The molecule has 2 rings (SSSR count). The van der Waals surface area contributed by atoms with Gasteiger partial charge in [0, 0.05) is 25.4 Å². The first-order valence-corrected chi connectivity index (χ1v) is 8.61. The zero-order valence-corrected chi connectivity index (χ0v) is 13.0. The lowest BCUT2D eigenvalue weighted by atomic mass is 10.1. The number of hydrogen-bond acceptors (Lipinski definition) is 4. The van der Waals surface area contributed by atoms with Crippen LogP contribution in [0.15, 0.2) is 18.2 Å². The van der Waals surface area contributed by atoms with E-state index < -0.39 is 27.7 Å². The topological polar surface area (TPSA) is 66.5 Å². The van der Waals surface area contributed by atoms with Gasteiger partial charge in [0.05, 0.1) is 17.1 Å². The van der Waals surface area contributed by atoms with E-state index in [1.165, 1.54) is 23.1 Å². The molecule has 1 amide bonds. The molecule has 0 bridgehead atoms. The lowest BCUT2D eigenvalue weighted by Crippen LogP contribution is -2.26. The zero-order valence-electron chi connectivity index (χ0n) is 12.2. The summed E-state index contributed by atoms with van der Waals surface area (Å²) in [5.41, 5.74) is 0.956. The number of benzene rings is 1. The van der Waals surface area contributed by atoms with Gasteiger partial charge in [0.15, 0.2) is 0 Å². The van der Waals surface area contributed by atoms with Crippen molar-refractivity contribution in [3.8, 4) is 0 Å². The molecule has 1 aromatic carbocycles. The van der Waals surface area contributed by atoms with Crippen molar-refractivity contribution in [3.05, 3.63) is 24.0 Å². The fourth-order valence-electron chi connectivity index (χ4n) is 2.54. The average Bonchev–Trinajstić information content (AvgIpc) is 2.75. The maximum atomic E-state index is 13.5. The van der Waals surface area contributed by atoms with Crippen LogP contribution in [0.25, 0.3) is 0 Å². The molecule has 1 saturated heterocycles. The zero-order chi connectivity index (χ0) is 16.3. The predicted molar refractivity (Wildman–Crippen MR) is 80.5 cm³/mol. The van der Waals surface area contributed by atoms with E-state index in [0.29, 0.717) is 17.9 Å². The summed E-state index contributed by atoms with van der Waals surface area (Å²) in [5, 5.41) is 3.10. The van der Waals surface area contributed by atoms with Gasteiger partial charge in [-0.3, -0.25) is 4.79 Å². The molecular weight excluding hydrogens is 314 g/mol. The number of amides is 1. The number of rotatable bonds is 6. The summed E-state index contributed by atoms with van der Waals surface area (Å²) in [6.45, 7) is 2.69. The second kappa shape index (κ2) is 6.60. The molecule has 1 aromatic rings. The predicted octanol–water partition coefficient (Wildman–Crippen LogP) is 2.30. The van der Waals surface area contributed by atoms with Crippen LogP contribution < -0.4 is 10.2 Å². The first kappa shape index (κ1) is 16.7. The Balaban J connectivity index is 2.23. The first-order valence-electron chi connectivity index (χ1n) is 7.06. The molecule has 1 heterocycles. The van der Waals surface area contributed by atoms with Gasteiger partial charge in [0.25, 0.3) is 0 Å². The molecule has 0 spiro atoms. The molecule has 0 aromatic heterocycles. The summed E-state index contributed by atoms with van der Waals surface area (Å²) < 4.78 is 47.7. The van der Waals surface area contributed by atoms with Gasteiger partial charge in [-0.05, 0) is 24.6 Å². The lowest BCUT2D eigenvalue weighted by Gasteiger charge is -2.21. The Kier molecular flexibility index (Phi) is 5.00. The Morgan fingerprint density at radius 2 is 2.14 bits per heavy atom. The van der Waals surface area contributed by atoms with E-state index in [2.05, 4.69) is 5.32 Å². The largest absolute Gasteiger partial charge is 0.383 e. The number of carbonyl (C=O) groups is 1. The van der Waals surface area contributed by atoms with Crippen molar-refractivity contribution < 1.29 is 21.5 Å². The van der Waals surface area contributed by atoms with Crippen LogP contribution in [0.5, 0.6) is 0 Å². The average molecular weight is 332 g/mol. The van der Waals surface area contributed by atoms with E-state index in [1.807, 2.05) is 6.92 Å². The van der Waals surface area contributed by atoms with Crippen LogP contribution in [-0.2, 0) is 15.0 Å². The Morgan fingerprint density at radius 3 is 2.77 bits per heavy atom. The highest BCUT2D eigenvalue weighted by Crippen LogP contribution is 2.32. The van der Waals surface area contributed by atoms with Crippen LogP contribution in [0.1, 0.15) is 19.8 Å². The molecule has 22 heavy (non-hydrogen) atoms. The van der Waals surface area contributed by atoms with Crippen LogP contribution in [0.4, 0.5) is 19.7 Å². The summed E-state index contributed by atoms with van der Waals surface area (Å²) >= 11 is 0. The highest BCUT2D eigenvalue weighted by atomic mass is 32.3. The molecular formula is C14H18F2N2O3S. The highest BCUT2D eigenvalue weighted by molar-refractivity contribution is 7.86. The number of hydrogen-bond donors (Lipinski definition) is 1. The van der Waals surface area contributed by atoms with Gasteiger partial charge in [0.2, 0.25) is 5.91 Å². The van der Waals surface area contributed by atoms with Gasteiger partial charge >= 0.3 is 10.2 Å². The molecule has 1 aliphatic heterocycles. The highest BCUT2D eigenvalue weighted by Gasteiger charge is 2.34. The molecule has 0 saturated carbocycles. The Bertz CT molecular complexity index is 664. The van der Waals surface area contributed by atoms with Crippen molar-refractivity contribution in [2.45, 2.75) is 19.8 Å². The first-order chi connectivity index (χ1) is 10.3. The fraction of sp³-hybridized carbons (Fsp3) is 0.500. The minimum absolute atomic E-state index is 0.0617. The molecule has 8 heteroatoms. The van der Waals surface area contributed by atoms with E-state index >= 15 is 0 Å². The second-order valence-electron chi connectivity index (χ2n) is 5.37. The molecule has 1 fully saturated rings. The summed E-state index contributed by atoms with van der Waals surface area (Å²) in [6.07, 6.45) is 0.792. The van der Waals surface area contributed by atoms with Gasteiger partial charge < -0.3 is 10.2 Å². The normalized spacial score (nSPS) is 18.8. The van der Waals surface area contributed by atoms with Crippen molar-refractivity contribution in [2.75, 3.05) is 29.1 Å². The molecule has 0 radical (unpaired) electrons. The van der Waals surface area contributed by atoms with Crippen LogP contribution in [0.2, 0.25) is 0 Å². The third-order valence-electron chi connectivity index (χ3n) is 3.46. The van der Waals surface area contributed by atoms with Crippen LogP contribution in [0, 0.1) is 11.7 Å². The van der Waals surface area contributed by atoms with E-state index in [9.17, 15) is 21.5 Å². The van der Waals surface area contributed by atoms with Crippen molar-refractivity contribution in [1.29, 1.82) is 0 Å². The Labute approximate surface area is 128 Å². The molecule has 1 atom stereocenters.